The van der Waals surface area contributed by atoms with Crippen LogP contribution in [-0.2, 0) is 11.2 Å². The van der Waals surface area contributed by atoms with E-state index in [-0.39, 0.29) is 12.2 Å². The maximum atomic E-state index is 10.4. The van der Waals surface area contributed by atoms with Crippen LogP contribution in [0.5, 0.6) is 0 Å². The molecular weight excluding hydrogens is 316 g/mol. The highest BCUT2D eigenvalue weighted by molar-refractivity contribution is 5.31. The van der Waals surface area contributed by atoms with Crippen LogP contribution in [0.3, 0.4) is 0 Å². The Kier molecular flexibility index (Phi) is 6.84. The lowest BCUT2D eigenvalue weighted by Gasteiger charge is -2.36. The summed E-state index contributed by atoms with van der Waals surface area (Å²) < 4.78 is 6.07. The van der Waals surface area contributed by atoms with Crippen molar-refractivity contribution in [3.63, 3.8) is 0 Å². The minimum atomic E-state index is -0.447. The Hall–Kier alpha value is -0.980. The number of hydrogen-bond acceptors (Lipinski definition) is 5. The fourth-order valence-electron chi connectivity index (χ4n) is 3.99. The zero-order valence-corrected chi connectivity index (χ0v) is 15.3. The van der Waals surface area contributed by atoms with E-state index < -0.39 is 6.10 Å². The van der Waals surface area contributed by atoms with E-state index >= 15 is 0 Å². The molecule has 0 bridgehead atoms. The van der Waals surface area contributed by atoms with Gasteiger partial charge in [0.15, 0.2) is 0 Å². The second-order valence-electron chi connectivity index (χ2n) is 7.52. The Morgan fingerprint density at radius 2 is 1.76 bits per heavy atom. The number of nitrogens with zero attached hydrogens (tertiary/aromatic N) is 2. The SMILES string of the molecule is C[C@H](O)CN1CCN(C[C@@H](O)CO[C@@H]2CCCc3ccccc32)CC1. The average molecular weight is 348 g/mol. The van der Waals surface area contributed by atoms with Crippen molar-refractivity contribution in [1.82, 2.24) is 9.80 Å². The second kappa shape index (κ2) is 9.10. The van der Waals surface area contributed by atoms with Gasteiger partial charge in [-0.05, 0) is 37.3 Å². The normalized spacial score (nSPS) is 24.7. The summed E-state index contributed by atoms with van der Waals surface area (Å²) in [7, 11) is 0. The molecule has 0 unspecified atom stereocenters. The summed E-state index contributed by atoms with van der Waals surface area (Å²) in [5, 5.41) is 19.8. The van der Waals surface area contributed by atoms with Crippen molar-refractivity contribution < 1.29 is 14.9 Å². The molecule has 2 N–H and O–H groups in total. The van der Waals surface area contributed by atoms with Gasteiger partial charge in [0.1, 0.15) is 0 Å². The minimum absolute atomic E-state index is 0.127. The van der Waals surface area contributed by atoms with E-state index in [9.17, 15) is 10.2 Å². The first kappa shape index (κ1) is 18.8. The molecule has 1 aromatic carbocycles. The Bertz CT molecular complexity index is 529. The molecule has 0 amide bonds. The van der Waals surface area contributed by atoms with Gasteiger partial charge in [-0.3, -0.25) is 9.80 Å². The topological polar surface area (TPSA) is 56.2 Å². The molecule has 1 aromatic rings. The standard InChI is InChI=1S/C20H32N2O3/c1-16(23)13-21-9-11-22(12-10-21)14-18(24)15-25-20-8-4-6-17-5-2-3-7-19(17)20/h2-3,5,7,16,18,20,23-24H,4,6,8-15H2,1H3/t16-,18+,20+/m0/s1. The molecule has 1 fully saturated rings. The number of hydrogen-bond donors (Lipinski definition) is 2. The number of ether oxygens (including phenoxy) is 1. The van der Waals surface area contributed by atoms with Gasteiger partial charge in [0, 0.05) is 39.3 Å². The van der Waals surface area contributed by atoms with E-state index in [1.807, 2.05) is 6.92 Å². The van der Waals surface area contributed by atoms with Gasteiger partial charge in [-0.25, -0.2) is 0 Å². The average Bonchev–Trinajstić information content (AvgIpc) is 2.61. The van der Waals surface area contributed by atoms with Crippen LogP contribution >= 0.6 is 0 Å². The molecule has 3 atom stereocenters. The van der Waals surface area contributed by atoms with Crippen LogP contribution in [-0.4, -0.2) is 78.1 Å². The minimum Gasteiger partial charge on any atom is -0.392 e. The number of rotatable bonds is 7. The molecule has 3 rings (SSSR count). The summed E-state index contributed by atoms with van der Waals surface area (Å²) in [6, 6.07) is 8.51. The lowest BCUT2D eigenvalue weighted by Crippen LogP contribution is -2.50. The third-order valence-corrected chi connectivity index (χ3v) is 5.26. The van der Waals surface area contributed by atoms with E-state index in [4.69, 9.17) is 4.74 Å². The fraction of sp³-hybridized carbons (Fsp3) is 0.700. The van der Waals surface area contributed by atoms with Gasteiger partial charge in [0.05, 0.1) is 24.9 Å². The molecule has 140 valence electrons. The van der Waals surface area contributed by atoms with Gasteiger partial charge in [-0.15, -0.1) is 0 Å². The predicted octanol–water partition coefficient (Wildman–Crippen LogP) is 1.44. The first-order valence-electron chi connectivity index (χ1n) is 9.62. The first-order valence-corrected chi connectivity index (χ1v) is 9.62. The number of aliphatic hydroxyl groups is 2. The first-order chi connectivity index (χ1) is 12.1. The zero-order chi connectivity index (χ0) is 17.6. The van der Waals surface area contributed by atoms with Gasteiger partial charge in [0.2, 0.25) is 0 Å². The van der Waals surface area contributed by atoms with Gasteiger partial charge in [-0.1, -0.05) is 24.3 Å². The molecule has 0 aromatic heterocycles. The van der Waals surface area contributed by atoms with Gasteiger partial charge in [-0.2, -0.15) is 0 Å². The summed E-state index contributed by atoms with van der Waals surface area (Å²) >= 11 is 0. The highest BCUT2D eigenvalue weighted by Crippen LogP contribution is 2.32. The number of β-amino-alcohol motifs (C(OH)–C–C–N with tert-alkyl or cyclic N) is 2. The van der Waals surface area contributed by atoms with Crippen molar-refractivity contribution in [1.29, 1.82) is 0 Å². The largest absolute Gasteiger partial charge is 0.392 e. The van der Waals surface area contributed by atoms with Gasteiger partial charge in [0.25, 0.3) is 0 Å². The monoisotopic (exact) mass is 348 g/mol. The lowest BCUT2D eigenvalue weighted by atomic mass is 9.89. The summed E-state index contributed by atoms with van der Waals surface area (Å²) in [6.07, 6.45) is 2.74. The fourth-order valence-corrected chi connectivity index (χ4v) is 3.99. The lowest BCUT2D eigenvalue weighted by molar-refractivity contribution is -0.0332. The van der Waals surface area contributed by atoms with Crippen molar-refractivity contribution in [2.45, 2.75) is 44.5 Å². The maximum Gasteiger partial charge on any atom is 0.0900 e. The summed E-state index contributed by atoms with van der Waals surface area (Å²) in [4.78, 5) is 4.57. The molecule has 25 heavy (non-hydrogen) atoms. The third kappa shape index (κ3) is 5.50. The number of benzene rings is 1. The van der Waals surface area contributed by atoms with Crippen molar-refractivity contribution in [3.8, 4) is 0 Å². The second-order valence-corrected chi connectivity index (χ2v) is 7.52. The van der Waals surface area contributed by atoms with Gasteiger partial charge < -0.3 is 14.9 Å². The Morgan fingerprint density at radius 3 is 2.48 bits per heavy atom. The smallest absolute Gasteiger partial charge is 0.0900 e. The van der Waals surface area contributed by atoms with Crippen LogP contribution < -0.4 is 0 Å². The van der Waals surface area contributed by atoms with Crippen molar-refractivity contribution in [3.05, 3.63) is 35.4 Å². The van der Waals surface area contributed by atoms with E-state index in [1.165, 1.54) is 11.1 Å². The van der Waals surface area contributed by atoms with Crippen molar-refractivity contribution >= 4 is 0 Å². The third-order valence-electron chi connectivity index (χ3n) is 5.26. The number of aliphatic hydroxyl groups excluding tert-OH is 2. The molecule has 0 saturated carbocycles. The van der Waals surface area contributed by atoms with Gasteiger partial charge >= 0.3 is 0 Å². The predicted molar refractivity (Wildman–Crippen MR) is 98.6 cm³/mol. The Labute approximate surface area is 151 Å². The van der Waals surface area contributed by atoms with Crippen LogP contribution in [0, 0.1) is 0 Å². The zero-order valence-electron chi connectivity index (χ0n) is 15.3. The Morgan fingerprint density at radius 1 is 1.08 bits per heavy atom. The van der Waals surface area contributed by atoms with E-state index in [0.717, 1.165) is 52.0 Å². The molecule has 1 aliphatic heterocycles. The molecule has 1 heterocycles. The van der Waals surface area contributed by atoms with Crippen molar-refractivity contribution in [2.24, 2.45) is 0 Å². The summed E-state index contributed by atoms with van der Waals surface area (Å²) in [6.45, 7) is 7.41. The van der Waals surface area contributed by atoms with Crippen LogP contribution in [0.4, 0.5) is 0 Å². The van der Waals surface area contributed by atoms with Crippen LogP contribution in [0.2, 0.25) is 0 Å². The van der Waals surface area contributed by atoms with E-state index in [2.05, 4.69) is 34.1 Å². The Balaban J connectivity index is 1.40. The molecule has 2 aliphatic rings. The number of piperazine rings is 1. The molecule has 1 aliphatic carbocycles. The molecule has 5 nitrogen and oxygen atoms in total. The molecular formula is C20H32N2O3. The maximum absolute atomic E-state index is 10.4. The van der Waals surface area contributed by atoms with Crippen LogP contribution in [0.1, 0.15) is 37.0 Å². The number of fused-ring (bicyclic) bond motifs is 1. The van der Waals surface area contributed by atoms with Crippen molar-refractivity contribution in [2.75, 3.05) is 45.9 Å². The van der Waals surface area contributed by atoms with Crippen LogP contribution in [0.15, 0.2) is 24.3 Å². The summed E-state index contributed by atoms with van der Waals surface area (Å²) in [5.41, 5.74) is 2.69. The molecule has 5 heteroatoms. The van der Waals surface area contributed by atoms with E-state index in [0.29, 0.717) is 13.2 Å². The number of aryl methyl sites for hydroxylation is 1. The molecule has 1 saturated heterocycles. The highest BCUT2D eigenvalue weighted by atomic mass is 16.5. The van der Waals surface area contributed by atoms with Crippen LogP contribution in [0.25, 0.3) is 0 Å². The molecule has 0 radical (unpaired) electrons. The quantitative estimate of drug-likeness (QED) is 0.781. The van der Waals surface area contributed by atoms with E-state index in [1.54, 1.807) is 0 Å². The molecule has 0 spiro atoms. The highest BCUT2D eigenvalue weighted by Gasteiger charge is 2.23. The summed E-state index contributed by atoms with van der Waals surface area (Å²) in [5.74, 6) is 0.